The topological polar surface area (TPSA) is 38.3 Å². The molecule has 0 radical (unpaired) electrons. The Bertz CT molecular complexity index is 201. The van der Waals surface area contributed by atoms with Gasteiger partial charge in [-0.05, 0) is 25.4 Å². The smallest absolute Gasteiger partial charge is 0.323 e. The molecule has 1 unspecified atom stereocenters. The molecule has 0 aliphatic carbocycles. The van der Waals surface area contributed by atoms with Crippen molar-refractivity contribution in [2.45, 2.75) is 19.4 Å². The van der Waals surface area contributed by atoms with Gasteiger partial charge in [0.15, 0.2) is 0 Å². The molecule has 0 heterocycles. The van der Waals surface area contributed by atoms with Gasteiger partial charge in [0.25, 0.3) is 0 Å². The predicted octanol–water partition coefficient (Wildman–Crippen LogP) is 0.894. The van der Waals surface area contributed by atoms with E-state index < -0.39 is 0 Å². The SMILES string of the molecule is C#CCNC(CCSC)C(=O)OCC. The van der Waals surface area contributed by atoms with Crippen LogP contribution in [0.3, 0.4) is 0 Å². The van der Waals surface area contributed by atoms with Crippen LogP contribution in [0, 0.1) is 12.3 Å². The fourth-order valence-electron chi connectivity index (χ4n) is 0.964. The van der Waals surface area contributed by atoms with E-state index in [1.54, 1.807) is 18.7 Å². The normalized spacial score (nSPS) is 11.8. The summed E-state index contributed by atoms with van der Waals surface area (Å²) in [6.07, 6.45) is 7.86. The molecule has 14 heavy (non-hydrogen) atoms. The third-order valence-electron chi connectivity index (χ3n) is 1.63. The maximum Gasteiger partial charge on any atom is 0.323 e. The van der Waals surface area contributed by atoms with Gasteiger partial charge in [-0.25, -0.2) is 0 Å². The van der Waals surface area contributed by atoms with E-state index in [1.165, 1.54) is 0 Å². The van der Waals surface area contributed by atoms with E-state index in [-0.39, 0.29) is 12.0 Å². The molecule has 0 aliphatic rings. The van der Waals surface area contributed by atoms with Crippen molar-refractivity contribution in [2.24, 2.45) is 0 Å². The van der Waals surface area contributed by atoms with Crippen LogP contribution in [0.25, 0.3) is 0 Å². The Balaban J connectivity index is 3.95. The lowest BCUT2D eigenvalue weighted by molar-refractivity contribution is -0.145. The van der Waals surface area contributed by atoms with Crippen molar-refractivity contribution in [2.75, 3.05) is 25.2 Å². The number of hydrogen-bond donors (Lipinski definition) is 1. The maximum atomic E-state index is 11.4. The summed E-state index contributed by atoms with van der Waals surface area (Å²) in [6, 6.07) is -0.265. The second-order valence-electron chi connectivity index (χ2n) is 2.67. The molecule has 0 saturated carbocycles. The molecule has 0 aliphatic heterocycles. The van der Waals surface area contributed by atoms with Gasteiger partial charge in [-0.1, -0.05) is 5.92 Å². The van der Waals surface area contributed by atoms with E-state index in [1.807, 2.05) is 6.26 Å². The summed E-state index contributed by atoms with van der Waals surface area (Å²) in [4.78, 5) is 11.4. The fourth-order valence-corrected chi connectivity index (χ4v) is 1.44. The highest BCUT2D eigenvalue weighted by Crippen LogP contribution is 2.02. The second-order valence-corrected chi connectivity index (χ2v) is 3.66. The Kier molecular flexibility index (Phi) is 8.50. The molecule has 1 atom stereocenters. The molecule has 3 nitrogen and oxygen atoms in total. The van der Waals surface area contributed by atoms with Crippen LogP contribution < -0.4 is 5.32 Å². The summed E-state index contributed by atoms with van der Waals surface area (Å²) >= 11 is 1.70. The van der Waals surface area contributed by atoms with Crippen LogP contribution in [0.1, 0.15) is 13.3 Å². The number of thioether (sulfide) groups is 1. The fraction of sp³-hybridized carbons (Fsp3) is 0.700. The zero-order valence-electron chi connectivity index (χ0n) is 8.71. The van der Waals surface area contributed by atoms with Gasteiger partial charge in [-0.15, -0.1) is 6.42 Å². The Morgan fingerprint density at radius 3 is 2.93 bits per heavy atom. The number of carbonyl (C=O) groups excluding carboxylic acids is 1. The Hall–Kier alpha value is -0.660. The van der Waals surface area contributed by atoms with Crippen LogP contribution in [0.5, 0.6) is 0 Å². The maximum absolute atomic E-state index is 11.4. The van der Waals surface area contributed by atoms with Crippen molar-refractivity contribution >= 4 is 17.7 Å². The summed E-state index contributed by atoms with van der Waals surface area (Å²) in [6.45, 7) is 2.61. The Morgan fingerprint density at radius 1 is 1.71 bits per heavy atom. The molecule has 1 N–H and O–H groups in total. The zero-order chi connectivity index (χ0) is 10.8. The van der Waals surface area contributed by atoms with Gasteiger partial charge in [-0.2, -0.15) is 11.8 Å². The van der Waals surface area contributed by atoms with Crippen LogP contribution >= 0.6 is 11.8 Å². The number of ether oxygens (including phenoxy) is 1. The average Bonchev–Trinajstić information content (AvgIpc) is 2.18. The van der Waals surface area contributed by atoms with Gasteiger partial charge in [0, 0.05) is 0 Å². The minimum atomic E-state index is -0.265. The highest BCUT2D eigenvalue weighted by molar-refractivity contribution is 7.98. The van der Waals surface area contributed by atoms with Crippen molar-refractivity contribution < 1.29 is 9.53 Å². The van der Waals surface area contributed by atoms with Crippen molar-refractivity contribution in [3.05, 3.63) is 0 Å². The van der Waals surface area contributed by atoms with Crippen LogP contribution in [-0.2, 0) is 9.53 Å². The molecule has 0 aromatic carbocycles. The molecule has 0 aromatic rings. The summed E-state index contributed by atoms with van der Waals surface area (Å²) in [5.41, 5.74) is 0. The lowest BCUT2D eigenvalue weighted by Gasteiger charge is -2.14. The first kappa shape index (κ1) is 13.3. The lowest BCUT2D eigenvalue weighted by atomic mass is 10.2. The Morgan fingerprint density at radius 2 is 2.43 bits per heavy atom. The van der Waals surface area contributed by atoms with E-state index in [2.05, 4.69) is 11.2 Å². The van der Waals surface area contributed by atoms with E-state index in [4.69, 9.17) is 11.2 Å². The minimum Gasteiger partial charge on any atom is -0.465 e. The molecule has 0 fully saturated rings. The molecule has 80 valence electrons. The molecule has 0 amide bonds. The third-order valence-corrected chi connectivity index (χ3v) is 2.28. The van der Waals surface area contributed by atoms with Gasteiger partial charge in [-0.3, -0.25) is 10.1 Å². The van der Waals surface area contributed by atoms with E-state index in [0.717, 1.165) is 12.2 Å². The summed E-state index contributed by atoms with van der Waals surface area (Å²) in [7, 11) is 0. The number of nitrogens with one attached hydrogen (secondary N) is 1. The van der Waals surface area contributed by atoms with E-state index in [9.17, 15) is 4.79 Å². The van der Waals surface area contributed by atoms with Crippen molar-refractivity contribution in [1.82, 2.24) is 5.32 Å². The number of hydrogen-bond acceptors (Lipinski definition) is 4. The van der Waals surface area contributed by atoms with Gasteiger partial charge in [0.05, 0.1) is 13.2 Å². The summed E-state index contributed by atoms with van der Waals surface area (Å²) in [5, 5.41) is 2.96. The van der Waals surface area contributed by atoms with Gasteiger partial charge >= 0.3 is 5.97 Å². The lowest BCUT2D eigenvalue weighted by Crippen LogP contribution is -2.38. The highest BCUT2D eigenvalue weighted by Gasteiger charge is 2.17. The molecular weight excluding hydrogens is 198 g/mol. The molecule has 0 bridgehead atoms. The predicted molar refractivity (Wildman–Crippen MR) is 60.3 cm³/mol. The molecule has 0 saturated heterocycles. The standard InChI is InChI=1S/C10H17NO2S/c1-4-7-11-9(6-8-14-3)10(12)13-5-2/h1,9,11H,5-8H2,2-3H3. The van der Waals surface area contributed by atoms with Crippen LogP contribution in [0.4, 0.5) is 0 Å². The first-order valence-electron chi connectivity index (χ1n) is 4.58. The van der Waals surface area contributed by atoms with Crippen molar-refractivity contribution in [3.8, 4) is 12.3 Å². The van der Waals surface area contributed by atoms with Gasteiger partial charge < -0.3 is 4.74 Å². The summed E-state index contributed by atoms with van der Waals surface area (Å²) < 4.78 is 4.92. The van der Waals surface area contributed by atoms with E-state index >= 15 is 0 Å². The first-order chi connectivity index (χ1) is 6.76. The number of esters is 1. The van der Waals surface area contributed by atoms with Gasteiger partial charge in [0.2, 0.25) is 0 Å². The monoisotopic (exact) mass is 215 g/mol. The van der Waals surface area contributed by atoms with Gasteiger partial charge in [0.1, 0.15) is 6.04 Å². The van der Waals surface area contributed by atoms with Crippen LogP contribution in [0.2, 0.25) is 0 Å². The van der Waals surface area contributed by atoms with Crippen LogP contribution in [0.15, 0.2) is 0 Å². The highest BCUT2D eigenvalue weighted by atomic mass is 32.2. The van der Waals surface area contributed by atoms with Crippen molar-refractivity contribution in [3.63, 3.8) is 0 Å². The molecule has 0 rings (SSSR count). The molecular formula is C10H17NO2S. The van der Waals surface area contributed by atoms with Crippen LogP contribution in [-0.4, -0.2) is 37.2 Å². The minimum absolute atomic E-state index is 0.211. The molecule has 0 aromatic heterocycles. The largest absolute Gasteiger partial charge is 0.465 e. The molecule has 0 spiro atoms. The zero-order valence-corrected chi connectivity index (χ0v) is 9.52. The second kappa shape index (κ2) is 8.92. The Labute approximate surface area is 90.0 Å². The quantitative estimate of drug-likeness (QED) is 0.506. The third kappa shape index (κ3) is 5.90. The average molecular weight is 215 g/mol. The van der Waals surface area contributed by atoms with Crippen molar-refractivity contribution in [1.29, 1.82) is 0 Å². The van der Waals surface area contributed by atoms with E-state index in [0.29, 0.717) is 13.2 Å². The number of carbonyl (C=O) groups is 1. The number of rotatable bonds is 7. The molecule has 4 heteroatoms. The summed E-state index contributed by atoms with van der Waals surface area (Å²) in [5.74, 6) is 3.15. The first-order valence-corrected chi connectivity index (χ1v) is 5.98. The number of terminal acetylenes is 1.